The Balaban J connectivity index is 1.41. The zero-order valence-corrected chi connectivity index (χ0v) is 18.1. The van der Waals surface area contributed by atoms with Gasteiger partial charge in [-0.05, 0) is 36.1 Å². The first-order valence-electron chi connectivity index (χ1n) is 9.58. The molecule has 1 heterocycles. The van der Waals surface area contributed by atoms with Gasteiger partial charge in [-0.2, -0.15) is 0 Å². The topological polar surface area (TPSA) is 114 Å². The number of hydrogen-bond donors (Lipinski definition) is 2. The number of thioether (sulfide) groups is 1. The second kappa shape index (κ2) is 11.5. The van der Waals surface area contributed by atoms with Crippen LogP contribution in [-0.2, 0) is 22.4 Å². The molecule has 31 heavy (non-hydrogen) atoms. The van der Waals surface area contributed by atoms with Crippen molar-refractivity contribution in [3.8, 4) is 5.75 Å². The third-order valence-corrected chi connectivity index (χ3v) is 6.21. The number of nitroso groups, excluding NO2 is 1. The van der Waals surface area contributed by atoms with Crippen LogP contribution in [0.25, 0.3) is 0 Å². The molecule has 8 nitrogen and oxygen atoms in total. The smallest absolute Gasteiger partial charge is 0.286 e. The molecular weight excluding hydrogens is 438 g/mol. The Morgan fingerprint density at radius 2 is 1.87 bits per heavy atom. The molecule has 0 spiro atoms. The van der Waals surface area contributed by atoms with Gasteiger partial charge in [0.15, 0.2) is 0 Å². The quantitative estimate of drug-likeness (QED) is 0.301. The van der Waals surface area contributed by atoms with Crippen LogP contribution >= 0.6 is 23.7 Å². The molecular formula is C21H21N3O5S2. The van der Waals surface area contributed by atoms with Gasteiger partial charge >= 0.3 is 0 Å². The first-order chi connectivity index (χ1) is 15.0. The molecule has 2 N–H and O–H groups in total. The van der Waals surface area contributed by atoms with E-state index in [0.717, 1.165) is 22.9 Å². The second-order valence-corrected chi connectivity index (χ2v) is 8.83. The van der Waals surface area contributed by atoms with E-state index in [1.54, 1.807) is 12.1 Å². The molecule has 10 heteroatoms. The van der Waals surface area contributed by atoms with Crippen LogP contribution < -0.4 is 15.4 Å². The SMILES string of the molecule is O=NSC(Cc1ccccc1)C(=O)NCCOc1ccc(CC2SC(=O)NC2=O)cc1. The number of nitrogens with zero attached hydrogens (tertiary/aromatic N) is 1. The van der Waals surface area contributed by atoms with Gasteiger partial charge in [0.25, 0.3) is 5.24 Å². The van der Waals surface area contributed by atoms with Crippen molar-refractivity contribution in [1.29, 1.82) is 0 Å². The predicted octanol–water partition coefficient (Wildman–Crippen LogP) is 3.10. The number of rotatable bonds is 11. The zero-order chi connectivity index (χ0) is 22.1. The molecule has 0 saturated carbocycles. The fraction of sp³-hybridized carbons (Fsp3) is 0.286. The Morgan fingerprint density at radius 3 is 2.52 bits per heavy atom. The average molecular weight is 460 g/mol. The van der Waals surface area contributed by atoms with Gasteiger partial charge in [-0.1, -0.05) is 54.2 Å². The van der Waals surface area contributed by atoms with Crippen molar-refractivity contribution in [3.05, 3.63) is 70.6 Å². The summed E-state index contributed by atoms with van der Waals surface area (Å²) in [6.45, 7) is 0.546. The highest BCUT2D eigenvalue weighted by Crippen LogP contribution is 2.24. The summed E-state index contributed by atoms with van der Waals surface area (Å²) in [5.41, 5.74) is 1.87. The highest BCUT2D eigenvalue weighted by molar-refractivity contribution is 8.15. The van der Waals surface area contributed by atoms with Gasteiger partial charge in [0, 0.05) is 16.5 Å². The highest BCUT2D eigenvalue weighted by atomic mass is 32.2. The van der Waals surface area contributed by atoms with Crippen molar-refractivity contribution in [3.63, 3.8) is 0 Å². The number of amides is 3. The monoisotopic (exact) mass is 459 g/mol. The van der Waals surface area contributed by atoms with Crippen molar-refractivity contribution < 1.29 is 19.1 Å². The van der Waals surface area contributed by atoms with E-state index in [-0.39, 0.29) is 30.2 Å². The van der Waals surface area contributed by atoms with Gasteiger partial charge in [0.2, 0.25) is 11.8 Å². The maximum Gasteiger partial charge on any atom is 0.286 e. The molecule has 0 radical (unpaired) electrons. The Morgan fingerprint density at radius 1 is 1.13 bits per heavy atom. The molecule has 2 aromatic carbocycles. The van der Waals surface area contributed by atoms with Gasteiger partial charge in [-0.3, -0.25) is 19.7 Å². The summed E-state index contributed by atoms with van der Waals surface area (Å²) in [7, 11) is 0. The summed E-state index contributed by atoms with van der Waals surface area (Å²) in [5.74, 6) is 0.0937. The van der Waals surface area contributed by atoms with Crippen molar-refractivity contribution in [1.82, 2.24) is 10.6 Å². The first-order valence-corrected chi connectivity index (χ1v) is 11.3. The molecule has 1 fully saturated rings. The fourth-order valence-electron chi connectivity index (χ4n) is 2.98. The molecule has 1 aliphatic heterocycles. The van der Waals surface area contributed by atoms with E-state index in [9.17, 15) is 19.3 Å². The Labute approximate surface area is 188 Å². The number of hydrogen-bond acceptors (Lipinski definition) is 8. The van der Waals surface area contributed by atoms with E-state index in [2.05, 4.69) is 15.2 Å². The van der Waals surface area contributed by atoms with Gasteiger partial charge in [-0.25, -0.2) is 0 Å². The molecule has 2 atom stereocenters. The fourth-order valence-corrected chi connectivity index (χ4v) is 4.39. The van der Waals surface area contributed by atoms with Gasteiger partial charge in [0.05, 0.1) is 11.8 Å². The van der Waals surface area contributed by atoms with E-state index >= 15 is 0 Å². The van der Waals surface area contributed by atoms with Crippen LogP contribution in [0, 0.1) is 4.91 Å². The Kier molecular flexibility index (Phi) is 8.48. The molecule has 0 aliphatic carbocycles. The van der Waals surface area contributed by atoms with E-state index in [1.807, 2.05) is 42.5 Å². The van der Waals surface area contributed by atoms with Gasteiger partial charge in [0.1, 0.15) is 17.6 Å². The minimum absolute atomic E-state index is 0.262. The largest absolute Gasteiger partial charge is 0.492 e. The number of benzene rings is 2. The molecule has 1 saturated heterocycles. The molecule has 3 amide bonds. The molecule has 3 rings (SSSR count). The van der Waals surface area contributed by atoms with Crippen molar-refractivity contribution in [2.75, 3.05) is 13.2 Å². The summed E-state index contributed by atoms with van der Waals surface area (Å²) in [5, 5.41) is 3.72. The number of ether oxygens (including phenoxy) is 1. The van der Waals surface area contributed by atoms with Crippen LogP contribution in [0.3, 0.4) is 0 Å². The maximum atomic E-state index is 12.4. The van der Waals surface area contributed by atoms with E-state index < -0.39 is 10.5 Å². The zero-order valence-electron chi connectivity index (χ0n) is 16.5. The van der Waals surface area contributed by atoms with Crippen LogP contribution in [0.4, 0.5) is 4.79 Å². The molecule has 0 aromatic heterocycles. The van der Waals surface area contributed by atoms with E-state index in [4.69, 9.17) is 4.74 Å². The first kappa shape index (κ1) is 22.8. The third-order valence-electron chi connectivity index (χ3n) is 4.51. The van der Waals surface area contributed by atoms with Crippen molar-refractivity contribution >= 4 is 40.8 Å². The standard InChI is InChI=1S/C21H21N3O5S2/c25-19(18(31-24-28)13-14-4-2-1-3-5-14)22-10-11-29-16-8-6-15(7-9-16)12-17-20(26)23-21(27)30-17/h1-9,17-18H,10-13H2,(H,22,25)(H,23,26,27). The minimum atomic E-state index is -0.600. The lowest BCUT2D eigenvalue weighted by Gasteiger charge is -2.13. The highest BCUT2D eigenvalue weighted by Gasteiger charge is 2.31. The summed E-state index contributed by atoms with van der Waals surface area (Å²) in [6, 6.07) is 16.7. The maximum absolute atomic E-state index is 12.4. The Hall–Kier alpha value is -2.85. The molecule has 2 unspecified atom stereocenters. The van der Waals surface area contributed by atoms with Crippen LogP contribution in [0.1, 0.15) is 11.1 Å². The predicted molar refractivity (Wildman–Crippen MR) is 121 cm³/mol. The lowest BCUT2D eigenvalue weighted by atomic mass is 10.1. The summed E-state index contributed by atoms with van der Waals surface area (Å²) in [6.07, 6.45) is 0.873. The lowest BCUT2D eigenvalue weighted by molar-refractivity contribution is -0.121. The van der Waals surface area contributed by atoms with Crippen LogP contribution in [0.2, 0.25) is 0 Å². The number of nitrogens with one attached hydrogen (secondary N) is 2. The van der Waals surface area contributed by atoms with Crippen LogP contribution in [-0.4, -0.2) is 40.7 Å². The second-order valence-electron chi connectivity index (χ2n) is 6.73. The van der Waals surface area contributed by atoms with Crippen molar-refractivity contribution in [2.24, 2.45) is 4.58 Å². The molecule has 162 valence electrons. The normalized spacial score (nSPS) is 16.5. The Bertz CT molecular complexity index is 924. The lowest BCUT2D eigenvalue weighted by Crippen LogP contribution is -2.36. The minimum Gasteiger partial charge on any atom is -0.492 e. The molecule has 0 bridgehead atoms. The summed E-state index contributed by atoms with van der Waals surface area (Å²) >= 11 is 1.71. The van der Waals surface area contributed by atoms with Crippen LogP contribution in [0.5, 0.6) is 5.75 Å². The van der Waals surface area contributed by atoms with Gasteiger partial charge in [-0.15, -0.1) is 4.91 Å². The van der Waals surface area contributed by atoms with Crippen LogP contribution in [0.15, 0.2) is 59.2 Å². The average Bonchev–Trinajstić information content (AvgIpc) is 3.09. The van der Waals surface area contributed by atoms with Gasteiger partial charge < -0.3 is 10.1 Å². The molecule has 1 aliphatic rings. The van der Waals surface area contributed by atoms with Crippen molar-refractivity contribution in [2.45, 2.75) is 23.3 Å². The summed E-state index contributed by atoms with van der Waals surface area (Å²) in [4.78, 5) is 45.9. The summed E-state index contributed by atoms with van der Waals surface area (Å²) < 4.78 is 8.44. The van der Waals surface area contributed by atoms with E-state index in [0.29, 0.717) is 30.5 Å². The number of carbonyl (C=O) groups is 3. The number of carbonyl (C=O) groups excluding carboxylic acids is 3. The number of imide groups is 1. The third kappa shape index (κ3) is 7.11. The van der Waals surface area contributed by atoms with E-state index in [1.165, 1.54) is 0 Å². The molecule has 2 aromatic rings.